The summed E-state index contributed by atoms with van der Waals surface area (Å²) in [5.74, 6) is 12.0. The first-order valence-electron chi connectivity index (χ1n) is 5.79. The summed E-state index contributed by atoms with van der Waals surface area (Å²) < 4.78 is 0. The van der Waals surface area contributed by atoms with Crippen molar-refractivity contribution in [2.75, 3.05) is 16.2 Å². The van der Waals surface area contributed by atoms with Gasteiger partial charge in [-0.2, -0.15) is 9.97 Å². The molecule has 7 N–H and O–H groups in total. The van der Waals surface area contributed by atoms with Crippen LogP contribution in [0, 0.1) is 13.8 Å². The van der Waals surface area contributed by atoms with E-state index >= 15 is 0 Å². The molecule has 0 spiro atoms. The van der Waals surface area contributed by atoms with Gasteiger partial charge in [-0.25, -0.2) is 11.7 Å². The number of nitrogen functional groups attached to an aromatic ring is 2. The van der Waals surface area contributed by atoms with E-state index in [1.54, 1.807) is 6.07 Å². The quantitative estimate of drug-likeness (QED) is 0.416. The van der Waals surface area contributed by atoms with Crippen molar-refractivity contribution in [1.82, 2.24) is 9.97 Å². The molecule has 19 heavy (non-hydrogen) atoms. The van der Waals surface area contributed by atoms with Gasteiger partial charge in [0.2, 0.25) is 5.95 Å². The van der Waals surface area contributed by atoms with Gasteiger partial charge in [0.15, 0.2) is 0 Å². The maximum atomic E-state index is 5.35. The highest BCUT2D eigenvalue weighted by Crippen LogP contribution is 2.21. The van der Waals surface area contributed by atoms with E-state index in [0.29, 0.717) is 17.6 Å². The molecule has 0 saturated carbocycles. The molecule has 0 aliphatic heterocycles. The van der Waals surface area contributed by atoms with E-state index in [0.717, 1.165) is 11.3 Å². The van der Waals surface area contributed by atoms with E-state index in [4.69, 9.17) is 11.7 Å². The van der Waals surface area contributed by atoms with Crippen molar-refractivity contribution in [3.63, 3.8) is 0 Å². The number of aryl methyl sites for hydroxylation is 2. The van der Waals surface area contributed by atoms with Crippen LogP contribution in [0.3, 0.4) is 0 Å². The van der Waals surface area contributed by atoms with Gasteiger partial charge >= 0.3 is 0 Å². The summed E-state index contributed by atoms with van der Waals surface area (Å²) in [6.07, 6.45) is 0. The normalized spacial score (nSPS) is 10.1. The number of anilines is 4. The van der Waals surface area contributed by atoms with Crippen LogP contribution < -0.4 is 27.9 Å². The average molecular weight is 259 g/mol. The first-order chi connectivity index (χ1) is 9.12. The highest BCUT2D eigenvalue weighted by atomic mass is 15.3. The summed E-state index contributed by atoms with van der Waals surface area (Å²) in [4.78, 5) is 8.41. The number of nitrogens with two attached hydrogens (primary N) is 2. The van der Waals surface area contributed by atoms with E-state index in [2.05, 4.69) is 32.2 Å². The Hall–Kier alpha value is -2.38. The lowest BCUT2D eigenvalue weighted by molar-refractivity contribution is 1.12. The third-order valence-corrected chi connectivity index (χ3v) is 2.65. The van der Waals surface area contributed by atoms with Crippen LogP contribution in [0.2, 0.25) is 0 Å². The minimum Gasteiger partial charge on any atom is -0.324 e. The molecule has 0 aliphatic rings. The third kappa shape index (κ3) is 3.09. The molecule has 1 aromatic carbocycles. The molecule has 1 heterocycles. The molecule has 0 bridgehead atoms. The Morgan fingerprint density at radius 1 is 0.947 bits per heavy atom. The van der Waals surface area contributed by atoms with E-state index in [-0.39, 0.29) is 0 Å². The van der Waals surface area contributed by atoms with Gasteiger partial charge in [0.05, 0.1) is 0 Å². The number of hydrogen-bond donors (Lipinski definition) is 5. The van der Waals surface area contributed by atoms with Gasteiger partial charge < -0.3 is 16.2 Å². The van der Waals surface area contributed by atoms with Gasteiger partial charge in [0, 0.05) is 11.8 Å². The Bertz CT molecular complexity index is 560. The summed E-state index contributed by atoms with van der Waals surface area (Å²) >= 11 is 0. The van der Waals surface area contributed by atoms with E-state index in [9.17, 15) is 0 Å². The Morgan fingerprint density at radius 2 is 1.58 bits per heavy atom. The molecule has 0 saturated heterocycles. The predicted molar refractivity (Wildman–Crippen MR) is 76.9 cm³/mol. The second kappa shape index (κ2) is 5.51. The number of aromatic nitrogens is 2. The van der Waals surface area contributed by atoms with Gasteiger partial charge in [0.1, 0.15) is 11.6 Å². The second-order valence-corrected chi connectivity index (χ2v) is 4.19. The Morgan fingerprint density at radius 3 is 2.11 bits per heavy atom. The monoisotopic (exact) mass is 259 g/mol. The fourth-order valence-electron chi connectivity index (χ4n) is 1.73. The highest BCUT2D eigenvalue weighted by Gasteiger charge is 2.05. The van der Waals surface area contributed by atoms with Crippen LogP contribution in [-0.2, 0) is 0 Å². The number of rotatable bonds is 4. The van der Waals surface area contributed by atoms with Crippen molar-refractivity contribution >= 4 is 23.3 Å². The fourth-order valence-corrected chi connectivity index (χ4v) is 1.73. The standard InChI is InChI=1S/C12H17N7/c1-7-3-4-9(8(2)5-7)15-12-16-10(18-13)6-11(17-12)19-14/h3-6H,13-14H2,1-2H3,(H3,15,16,17,18,19). The van der Waals surface area contributed by atoms with Crippen LogP contribution in [0.25, 0.3) is 0 Å². The van der Waals surface area contributed by atoms with Crippen molar-refractivity contribution in [2.24, 2.45) is 11.7 Å². The lowest BCUT2D eigenvalue weighted by Gasteiger charge is -2.11. The number of hydrazine groups is 2. The summed E-state index contributed by atoms with van der Waals surface area (Å²) in [6.45, 7) is 4.06. The Labute approximate surface area is 111 Å². The number of benzene rings is 1. The molecule has 0 unspecified atom stereocenters. The first-order valence-corrected chi connectivity index (χ1v) is 5.79. The maximum Gasteiger partial charge on any atom is 0.231 e. The number of nitrogens with zero attached hydrogens (tertiary/aromatic N) is 2. The molecule has 7 nitrogen and oxygen atoms in total. The van der Waals surface area contributed by atoms with Crippen molar-refractivity contribution < 1.29 is 0 Å². The van der Waals surface area contributed by atoms with Crippen molar-refractivity contribution in [2.45, 2.75) is 13.8 Å². The molecule has 0 atom stereocenters. The largest absolute Gasteiger partial charge is 0.324 e. The third-order valence-electron chi connectivity index (χ3n) is 2.65. The zero-order valence-electron chi connectivity index (χ0n) is 10.9. The van der Waals surface area contributed by atoms with E-state index in [1.165, 1.54) is 5.56 Å². The molecule has 0 radical (unpaired) electrons. The molecule has 0 fully saturated rings. The molecule has 1 aromatic heterocycles. The molecule has 7 heteroatoms. The minimum absolute atomic E-state index is 0.412. The SMILES string of the molecule is Cc1ccc(Nc2nc(NN)cc(NN)n2)c(C)c1. The molecular formula is C12H17N7. The smallest absolute Gasteiger partial charge is 0.231 e. The van der Waals surface area contributed by atoms with E-state index in [1.807, 2.05) is 26.0 Å². The Kier molecular flexibility index (Phi) is 3.79. The first kappa shape index (κ1) is 13.1. The summed E-state index contributed by atoms with van der Waals surface area (Å²) in [5.41, 5.74) is 8.17. The lowest BCUT2D eigenvalue weighted by Crippen LogP contribution is -2.14. The van der Waals surface area contributed by atoms with Crippen molar-refractivity contribution in [3.8, 4) is 0 Å². The van der Waals surface area contributed by atoms with Crippen LogP contribution in [0.5, 0.6) is 0 Å². The fraction of sp³-hybridized carbons (Fsp3) is 0.167. The summed E-state index contributed by atoms with van der Waals surface area (Å²) in [7, 11) is 0. The van der Waals surface area contributed by atoms with Gasteiger partial charge in [-0.05, 0) is 25.5 Å². The predicted octanol–water partition coefficient (Wildman–Crippen LogP) is 1.41. The zero-order chi connectivity index (χ0) is 13.8. The van der Waals surface area contributed by atoms with Gasteiger partial charge in [-0.1, -0.05) is 17.7 Å². The van der Waals surface area contributed by atoms with Crippen LogP contribution in [0.4, 0.5) is 23.3 Å². The summed E-state index contributed by atoms with van der Waals surface area (Å²) in [6, 6.07) is 7.68. The molecule has 2 rings (SSSR count). The van der Waals surface area contributed by atoms with Crippen molar-refractivity contribution in [1.29, 1.82) is 0 Å². The van der Waals surface area contributed by atoms with Crippen LogP contribution in [0.1, 0.15) is 11.1 Å². The minimum atomic E-state index is 0.412. The highest BCUT2D eigenvalue weighted by molar-refractivity contribution is 5.61. The molecule has 0 amide bonds. The summed E-state index contributed by atoms with van der Waals surface area (Å²) in [5, 5.41) is 3.14. The van der Waals surface area contributed by atoms with Crippen LogP contribution in [-0.4, -0.2) is 9.97 Å². The number of hydrogen-bond acceptors (Lipinski definition) is 7. The zero-order valence-corrected chi connectivity index (χ0v) is 10.9. The molecule has 2 aromatic rings. The van der Waals surface area contributed by atoms with Crippen LogP contribution >= 0.6 is 0 Å². The molecule has 100 valence electrons. The van der Waals surface area contributed by atoms with Crippen LogP contribution in [0.15, 0.2) is 24.3 Å². The van der Waals surface area contributed by atoms with E-state index < -0.39 is 0 Å². The lowest BCUT2D eigenvalue weighted by atomic mass is 10.1. The Balaban J connectivity index is 2.31. The average Bonchev–Trinajstić information content (AvgIpc) is 2.41. The van der Waals surface area contributed by atoms with Gasteiger partial charge in [-0.3, -0.25) is 0 Å². The van der Waals surface area contributed by atoms with Gasteiger partial charge in [-0.15, -0.1) is 0 Å². The van der Waals surface area contributed by atoms with Crippen molar-refractivity contribution in [3.05, 3.63) is 35.4 Å². The van der Waals surface area contributed by atoms with Gasteiger partial charge in [0.25, 0.3) is 0 Å². The molecule has 0 aliphatic carbocycles. The second-order valence-electron chi connectivity index (χ2n) is 4.19. The topological polar surface area (TPSA) is 114 Å². The maximum absolute atomic E-state index is 5.35. The molecular weight excluding hydrogens is 242 g/mol. The number of nitrogens with one attached hydrogen (secondary N) is 3.